The van der Waals surface area contributed by atoms with Gasteiger partial charge in [0.1, 0.15) is 0 Å². The molecule has 0 nitrogen and oxygen atoms in total. The standard InChI is InChI=1S/B.Mg.Na.V. The zero-order chi connectivity index (χ0) is 0. The van der Waals surface area contributed by atoms with Crippen molar-refractivity contribution in [1.29, 1.82) is 0 Å². The maximum atomic E-state index is 0. The zero-order valence-electron chi connectivity index (χ0n) is 2.73. The van der Waals surface area contributed by atoms with Crippen LogP contribution < -0.4 is 0 Å². The molecule has 4 heavy (non-hydrogen) atoms. The maximum Gasteiger partial charge on any atom is 0 e. The summed E-state index contributed by atoms with van der Waals surface area (Å²) < 4.78 is 0. The Hall–Kier alpha value is 2.42. The van der Waals surface area contributed by atoms with E-state index in [1.54, 1.807) is 0 Å². The quantitative estimate of drug-likeness (QED) is 0.345. The fourth-order valence-electron chi connectivity index (χ4n) is 0. The van der Waals surface area contributed by atoms with E-state index in [1.807, 2.05) is 0 Å². The molecule has 0 aliphatic heterocycles. The van der Waals surface area contributed by atoms with Crippen LogP contribution in [0.2, 0.25) is 0 Å². The van der Waals surface area contributed by atoms with E-state index in [2.05, 4.69) is 0 Å². The van der Waals surface area contributed by atoms with Crippen molar-refractivity contribution < 1.29 is 18.6 Å². The van der Waals surface area contributed by atoms with Crippen molar-refractivity contribution >= 4 is 61.0 Å². The van der Waals surface area contributed by atoms with Crippen LogP contribution in [0.25, 0.3) is 0 Å². The molecule has 0 aromatic rings. The topological polar surface area (TPSA) is 0 Å². The molecule has 0 aromatic carbocycles. The largest absolute Gasteiger partial charge is 0 e. The van der Waals surface area contributed by atoms with Gasteiger partial charge in [-0.25, -0.2) is 0 Å². The second-order valence-electron chi connectivity index (χ2n) is 0. The van der Waals surface area contributed by atoms with Crippen LogP contribution in [-0.2, 0) is 18.6 Å². The minimum absolute atomic E-state index is 0. The predicted molar refractivity (Wildman–Crippen MR) is 17.3 cm³/mol. The molecule has 0 N–H and O–H groups in total. The van der Waals surface area contributed by atoms with Gasteiger partial charge in [0.2, 0.25) is 0 Å². The number of rotatable bonds is 0. The summed E-state index contributed by atoms with van der Waals surface area (Å²) in [5.74, 6) is 0. The normalized spacial score (nSPS) is 0. The summed E-state index contributed by atoms with van der Waals surface area (Å²) >= 11 is 0. The van der Waals surface area contributed by atoms with Gasteiger partial charge in [0.05, 0.1) is 0 Å². The third kappa shape index (κ3) is 8.83. The van der Waals surface area contributed by atoms with Crippen molar-refractivity contribution in [1.82, 2.24) is 0 Å². The smallest absolute Gasteiger partial charge is 0 e. The zero-order valence-corrected chi connectivity index (χ0v) is 7.54. The van der Waals surface area contributed by atoms with Crippen molar-refractivity contribution in [2.75, 3.05) is 0 Å². The van der Waals surface area contributed by atoms with Gasteiger partial charge in [0.25, 0.3) is 0 Å². The van der Waals surface area contributed by atoms with E-state index < -0.39 is 0 Å². The Morgan fingerprint density at radius 2 is 1.00 bits per heavy atom. The van der Waals surface area contributed by atoms with Gasteiger partial charge in [-0.3, -0.25) is 0 Å². The second-order valence-corrected chi connectivity index (χ2v) is 0. The minimum atomic E-state index is 0. The first-order valence-electron chi connectivity index (χ1n) is 0. The van der Waals surface area contributed by atoms with Crippen molar-refractivity contribution in [2.24, 2.45) is 0 Å². The average Bonchev–Trinajstić information content (AvgIpc) is 0. The van der Waals surface area contributed by atoms with E-state index in [1.165, 1.54) is 0 Å². The first kappa shape index (κ1) is 32.2. The molecule has 0 rings (SSSR count). The van der Waals surface area contributed by atoms with Crippen LogP contribution in [0.4, 0.5) is 0 Å². The molecule has 7 radical (unpaired) electrons. The Bertz CT molecular complexity index is 8.00. The molecule has 0 bridgehead atoms. The first-order valence-corrected chi connectivity index (χ1v) is 0. The molecule has 0 heterocycles. The molecule has 11 valence electrons. The summed E-state index contributed by atoms with van der Waals surface area (Å²) in [6.45, 7) is 0. The molecule has 0 aromatic heterocycles. The molecule has 0 atom stereocenters. The molecule has 4 heteroatoms. The van der Waals surface area contributed by atoms with Crippen molar-refractivity contribution in [2.45, 2.75) is 0 Å². The van der Waals surface area contributed by atoms with Crippen molar-refractivity contribution in [3.05, 3.63) is 0 Å². The molecule has 0 unspecified atom stereocenters. The van der Waals surface area contributed by atoms with Crippen LogP contribution in [0.15, 0.2) is 0 Å². The molecular formula is BMgNaV. The summed E-state index contributed by atoms with van der Waals surface area (Å²) in [5.41, 5.74) is 0. The van der Waals surface area contributed by atoms with Gasteiger partial charge in [0, 0.05) is 79.6 Å². The first-order chi connectivity index (χ1) is 0. The van der Waals surface area contributed by atoms with Gasteiger partial charge in [-0.05, 0) is 0 Å². The van der Waals surface area contributed by atoms with Gasteiger partial charge in [-0.2, -0.15) is 0 Å². The Morgan fingerprint density at radius 3 is 1.00 bits per heavy atom. The summed E-state index contributed by atoms with van der Waals surface area (Å²) in [6, 6.07) is 0. The summed E-state index contributed by atoms with van der Waals surface area (Å²) in [4.78, 5) is 0. The summed E-state index contributed by atoms with van der Waals surface area (Å²) in [5, 5.41) is 0. The van der Waals surface area contributed by atoms with Crippen LogP contribution in [0.5, 0.6) is 0 Å². The van der Waals surface area contributed by atoms with Crippen LogP contribution in [0.3, 0.4) is 0 Å². The fourth-order valence-corrected chi connectivity index (χ4v) is 0. The fraction of sp³-hybridized carbons (Fsp3) is 0. The van der Waals surface area contributed by atoms with Gasteiger partial charge in [-0.1, -0.05) is 0 Å². The van der Waals surface area contributed by atoms with Crippen LogP contribution in [-0.4, -0.2) is 61.0 Å². The van der Waals surface area contributed by atoms with E-state index in [0.717, 1.165) is 0 Å². The monoisotopic (exact) mass is 109 g/mol. The Balaban J connectivity index is 0. The van der Waals surface area contributed by atoms with Gasteiger partial charge in [-0.15, -0.1) is 0 Å². The van der Waals surface area contributed by atoms with Crippen molar-refractivity contribution in [3.63, 3.8) is 0 Å². The van der Waals surface area contributed by atoms with Crippen LogP contribution >= 0.6 is 0 Å². The molecule has 0 aliphatic carbocycles. The molecule has 0 amide bonds. The summed E-state index contributed by atoms with van der Waals surface area (Å²) in [7, 11) is 0. The maximum absolute atomic E-state index is 0. The van der Waals surface area contributed by atoms with Crippen LogP contribution in [0, 0.1) is 0 Å². The van der Waals surface area contributed by atoms with Crippen LogP contribution in [0.1, 0.15) is 0 Å². The Kier molecular flexibility index (Phi) is 146. The minimum Gasteiger partial charge on any atom is 0 e. The van der Waals surface area contributed by atoms with Crippen molar-refractivity contribution in [3.8, 4) is 0 Å². The third-order valence-electron chi connectivity index (χ3n) is 0. The third-order valence-corrected chi connectivity index (χ3v) is 0. The van der Waals surface area contributed by atoms with E-state index in [4.69, 9.17) is 0 Å². The molecule has 0 spiro atoms. The van der Waals surface area contributed by atoms with E-state index in [-0.39, 0.29) is 79.6 Å². The second kappa shape index (κ2) is 18.1. The number of hydrogen-bond donors (Lipinski definition) is 0. The Labute approximate surface area is 78.4 Å². The molecule has 0 fully saturated rings. The molecule has 0 saturated heterocycles. The predicted octanol–water partition coefficient (Wildman–Crippen LogP) is -1.14. The number of hydrogen-bond acceptors (Lipinski definition) is 0. The average molecular weight is 109 g/mol. The Morgan fingerprint density at radius 1 is 1.00 bits per heavy atom. The van der Waals surface area contributed by atoms with E-state index >= 15 is 0 Å². The summed E-state index contributed by atoms with van der Waals surface area (Å²) in [6.07, 6.45) is 0. The van der Waals surface area contributed by atoms with Gasteiger partial charge >= 0.3 is 0 Å². The van der Waals surface area contributed by atoms with E-state index in [0.29, 0.717) is 0 Å². The van der Waals surface area contributed by atoms with Gasteiger partial charge < -0.3 is 0 Å². The SMILES string of the molecule is [B].[Mg].[Na].[V]. The van der Waals surface area contributed by atoms with Gasteiger partial charge in [0.15, 0.2) is 0 Å². The molecular weight excluding hydrogens is 109 g/mol. The van der Waals surface area contributed by atoms with E-state index in [9.17, 15) is 0 Å². The molecule has 0 aliphatic rings. The molecule has 0 saturated carbocycles.